The van der Waals surface area contributed by atoms with Gasteiger partial charge >= 0.3 is 6.03 Å². The molecular weight excluding hydrogens is 302 g/mol. The van der Waals surface area contributed by atoms with Gasteiger partial charge in [0.25, 0.3) is 0 Å². The van der Waals surface area contributed by atoms with E-state index in [0.717, 1.165) is 6.42 Å². The van der Waals surface area contributed by atoms with Crippen molar-refractivity contribution in [3.63, 3.8) is 0 Å². The first-order valence-corrected chi connectivity index (χ1v) is 8.00. The molecule has 0 radical (unpaired) electrons. The molecule has 2 rings (SSSR count). The highest BCUT2D eigenvalue weighted by Gasteiger charge is 2.17. The van der Waals surface area contributed by atoms with Crippen molar-refractivity contribution in [3.05, 3.63) is 71.8 Å². The maximum atomic E-state index is 11.6. The molecule has 0 aliphatic heterocycles. The van der Waals surface area contributed by atoms with Crippen LogP contribution in [0.25, 0.3) is 0 Å². The van der Waals surface area contributed by atoms with Gasteiger partial charge in [0.2, 0.25) is 5.91 Å². The molecule has 0 bridgehead atoms. The third-order valence-corrected chi connectivity index (χ3v) is 4.03. The molecule has 0 unspecified atom stereocenters. The molecule has 0 aliphatic carbocycles. The second-order valence-corrected chi connectivity index (χ2v) is 5.70. The molecule has 0 aromatic heterocycles. The summed E-state index contributed by atoms with van der Waals surface area (Å²) in [4.78, 5) is 24.0. The van der Waals surface area contributed by atoms with Crippen LogP contribution in [0, 0.1) is 0 Å². The molecule has 126 valence electrons. The standard InChI is InChI=1S/C19H23N3O2/c20-18(23)12-14-22(19(21)24)13-11-17(15-7-3-1-4-8-15)16-9-5-2-6-10-16/h1-10,17H,11-14H2,(H2,20,23)(H2,21,24). The average molecular weight is 325 g/mol. The molecule has 0 saturated heterocycles. The highest BCUT2D eigenvalue weighted by atomic mass is 16.2. The lowest BCUT2D eigenvalue weighted by Crippen LogP contribution is -2.39. The predicted molar refractivity (Wildman–Crippen MR) is 94.3 cm³/mol. The molecule has 3 amide bonds. The van der Waals surface area contributed by atoms with Crippen molar-refractivity contribution < 1.29 is 9.59 Å². The van der Waals surface area contributed by atoms with Crippen LogP contribution in [0.2, 0.25) is 0 Å². The molecule has 5 nitrogen and oxygen atoms in total. The fraction of sp³-hybridized carbons (Fsp3) is 0.263. The number of hydrogen-bond donors (Lipinski definition) is 2. The van der Waals surface area contributed by atoms with Crippen LogP contribution in [0.15, 0.2) is 60.7 Å². The molecule has 0 atom stereocenters. The number of urea groups is 1. The van der Waals surface area contributed by atoms with Crippen molar-refractivity contribution in [2.24, 2.45) is 11.5 Å². The summed E-state index contributed by atoms with van der Waals surface area (Å²) in [7, 11) is 0. The molecule has 5 heteroatoms. The van der Waals surface area contributed by atoms with E-state index in [1.165, 1.54) is 16.0 Å². The molecule has 2 aromatic carbocycles. The van der Waals surface area contributed by atoms with E-state index in [-0.39, 0.29) is 18.9 Å². The summed E-state index contributed by atoms with van der Waals surface area (Å²) in [6, 6.07) is 19.8. The number of primary amides is 2. The number of carbonyl (C=O) groups excluding carboxylic acids is 2. The van der Waals surface area contributed by atoms with E-state index in [1.54, 1.807) is 0 Å². The van der Waals surface area contributed by atoms with Crippen LogP contribution < -0.4 is 11.5 Å². The number of amides is 3. The third-order valence-electron chi connectivity index (χ3n) is 4.03. The fourth-order valence-corrected chi connectivity index (χ4v) is 2.76. The number of rotatable bonds is 8. The van der Waals surface area contributed by atoms with Gasteiger partial charge in [0.15, 0.2) is 0 Å². The molecule has 0 saturated carbocycles. The Balaban J connectivity index is 2.13. The van der Waals surface area contributed by atoms with Gasteiger partial charge < -0.3 is 16.4 Å². The first kappa shape index (κ1) is 17.5. The van der Waals surface area contributed by atoms with Crippen molar-refractivity contribution in [1.29, 1.82) is 0 Å². The second kappa shape index (κ2) is 8.72. The summed E-state index contributed by atoms with van der Waals surface area (Å²) >= 11 is 0. The van der Waals surface area contributed by atoms with E-state index in [4.69, 9.17) is 11.5 Å². The number of hydrogen-bond acceptors (Lipinski definition) is 2. The Morgan fingerprint density at radius 3 is 1.75 bits per heavy atom. The summed E-state index contributed by atoms with van der Waals surface area (Å²) in [6.45, 7) is 0.720. The summed E-state index contributed by atoms with van der Waals surface area (Å²) in [5, 5.41) is 0. The molecular formula is C19H23N3O2. The smallest absolute Gasteiger partial charge is 0.314 e. The van der Waals surface area contributed by atoms with Gasteiger partial charge in [0.05, 0.1) is 0 Å². The number of nitrogens with two attached hydrogens (primary N) is 2. The Morgan fingerprint density at radius 2 is 1.33 bits per heavy atom. The molecule has 0 fully saturated rings. The van der Waals surface area contributed by atoms with Crippen LogP contribution in [0.4, 0.5) is 4.79 Å². The van der Waals surface area contributed by atoms with Crippen LogP contribution in [0.5, 0.6) is 0 Å². The number of benzene rings is 2. The monoisotopic (exact) mass is 325 g/mol. The van der Waals surface area contributed by atoms with Gasteiger partial charge in [-0.1, -0.05) is 60.7 Å². The first-order valence-electron chi connectivity index (χ1n) is 8.00. The van der Waals surface area contributed by atoms with Crippen molar-refractivity contribution in [2.45, 2.75) is 18.8 Å². The van der Waals surface area contributed by atoms with Crippen LogP contribution in [0.3, 0.4) is 0 Å². The van der Waals surface area contributed by atoms with E-state index in [0.29, 0.717) is 6.54 Å². The van der Waals surface area contributed by atoms with Crippen molar-refractivity contribution in [1.82, 2.24) is 4.90 Å². The van der Waals surface area contributed by atoms with Gasteiger partial charge in [-0.3, -0.25) is 4.79 Å². The Kier molecular flexibility index (Phi) is 6.37. The summed E-state index contributed by atoms with van der Waals surface area (Å²) in [6.07, 6.45) is 0.833. The van der Waals surface area contributed by atoms with Crippen LogP contribution in [-0.4, -0.2) is 29.9 Å². The Morgan fingerprint density at radius 1 is 0.833 bits per heavy atom. The van der Waals surface area contributed by atoms with Crippen LogP contribution in [-0.2, 0) is 4.79 Å². The minimum atomic E-state index is -0.531. The van der Waals surface area contributed by atoms with Crippen LogP contribution >= 0.6 is 0 Å². The van der Waals surface area contributed by atoms with Gasteiger partial charge in [-0.2, -0.15) is 0 Å². The molecule has 0 spiro atoms. The third kappa shape index (κ3) is 5.12. The zero-order chi connectivity index (χ0) is 17.4. The molecule has 2 aromatic rings. The van der Waals surface area contributed by atoms with E-state index >= 15 is 0 Å². The molecule has 4 N–H and O–H groups in total. The summed E-state index contributed by atoms with van der Waals surface area (Å²) < 4.78 is 0. The number of nitrogens with zero attached hydrogens (tertiary/aromatic N) is 1. The quantitative estimate of drug-likeness (QED) is 0.780. The Bertz CT molecular complexity index is 619. The lowest BCUT2D eigenvalue weighted by Gasteiger charge is -2.24. The lowest BCUT2D eigenvalue weighted by molar-refractivity contribution is -0.118. The minimum Gasteiger partial charge on any atom is -0.370 e. The first-order chi connectivity index (χ1) is 11.6. The largest absolute Gasteiger partial charge is 0.370 e. The fourth-order valence-electron chi connectivity index (χ4n) is 2.76. The second-order valence-electron chi connectivity index (χ2n) is 5.70. The van der Waals surface area contributed by atoms with Gasteiger partial charge in [-0.05, 0) is 17.5 Å². The highest BCUT2D eigenvalue weighted by molar-refractivity contribution is 5.76. The summed E-state index contributed by atoms with van der Waals surface area (Å²) in [5.74, 6) is -0.285. The minimum absolute atomic E-state index is 0.115. The van der Waals surface area contributed by atoms with E-state index in [9.17, 15) is 9.59 Å². The molecule has 0 heterocycles. The number of carbonyl (C=O) groups is 2. The maximum absolute atomic E-state index is 11.6. The Hall–Kier alpha value is -2.82. The van der Waals surface area contributed by atoms with Crippen LogP contribution in [0.1, 0.15) is 29.9 Å². The zero-order valence-corrected chi connectivity index (χ0v) is 13.6. The van der Waals surface area contributed by atoms with Gasteiger partial charge in [0.1, 0.15) is 0 Å². The van der Waals surface area contributed by atoms with E-state index in [1.807, 2.05) is 36.4 Å². The van der Waals surface area contributed by atoms with E-state index in [2.05, 4.69) is 24.3 Å². The lowest BCUT2D eigenvalue weighted by atomic mass is 9.88. The SMILES string of the molecule is NC(=O)CCN(CCC(c1ccccc1)c1ccccc1)C(N)=O. The molecule has 0 aliphatic rings. The van der Waals surface area contributed by atoms with Crippen molar-refractivity contribution >= 4 is 11.9 Å². The zero-order valence-electron chi connectivity index (χ0n) is 13.6. The maximum Gasteiger partial charge on any atom is 0.314 e. The Labute approximate surface area is 142 Å². The molecule has 24 heavy (non-hydrogen) atoms. The van der Waals surface area contributed by atoms with Crippen molar-refractivity contribution in [3.8, 4) is 0 Å². The average Bonchev–Trinajstić information content (AvgIpc) is 2.59. The van der Waals surface area contributed by atoms with Gasteiger partial charge in [-0.15, -0.1) is 0 Å². The van der Waals surface area contributed by atoms with Gasteiger partial charge in [-0.25, -0.2) is 4.79 Å². The predicted octanol–water partition coefficient (Wildman–Crippen LogP) is 2.46. The van der Waals surface area contributed by atoms with Gasteiger partial charge in [0, 0.05) is 25.4 Å². The summed E-state index contributed by atoms with van der Waals surface area (Å²) in [5.41, 5.74) is 12.9. The van der Waals surface area contributed by atoms with Crippen molar-refractivity contribution in [2.75, 3.05) is 13.1 Å². The van der Waals surface area contributed by atoms with E-state index < -0.39 is 11.9 Å². The highest BCUT2D eigenvalue weighted by Crippen LogP contribution is 2.28. The normalized spacial score (nSPS) is 10.5. The topological polar surface area (TPSA) is 89.4 Å².